The standard InChI is InChI=1S/C31H56O4Si/c1-23(2)24-15-17-30(6)18-19-31(7,26(32)13-12-21-34-27-14-10-11-20-33-27)25(28(24)30)16-22-35-36(8,9)29(3,4)5/h16,23,26-27,32H,10-15,17-22H2,1-9H3/b25-16-/t26-,27?,30-,31+/m1/s1. The van der Waals surface area contributed by atoms with Crippen molar-refractivity contribution in [2.75, 3.05) is 19.8 Å². The first-order valence-electron chi connectivity index (χ1n) is 14.7. The van der Waals surface area contributed by atoms with Gasteiger partial charge in [-0.15, -0.1) is 0 Å². The molecule has 0 radical (unpaired) electrons. The predicted octanol–water partition coefficient (Wildman–Crippen LogP) is 8.17. The maximum absolute atomic E-state index is 11.7. The number of fused-ring (bicyclic) bond motifs is 1. The number of hydrogen-bond donors (Lipinski definition) is 1. The molecule has 208 valence electrons. The van der Waals surface area contributed by atoms with Crippen molar-refractivity contribution in [3.63, 3.8) is 0 Å². The molecule has 3 rings (SSSR count). The summed E-state index contributed by atoms with van der Waals surface area (Å²) in [6, 6.07) is 0. The minimum absolute atomic E-state index is 0.0537. The van der Waals surface area contributed by atoms with E-state index in [1.807, 2.05) is 0 Å². The monoisotopic (exact) mass is 520 g/mol. The molecule has 4 nitrogen and oxygen atoms in total. The topological polar surface area (TPSA) is 47.9 Å². The van der Waals surface area contributed by atoms with Crippen LogP contribution in [0.4, 0.5) is 0 Å². The van der Waals surface area contributed by atoms with E-state index in [4.69, 9.17) is 13.9 Å². The fourth-order valence-electron chi connectivity index (χ4n) is 6.21. The van der Waals surface area contributed by atoms with Crippen LogP contribution in [0.3, 0.4) is 0 Å². The van der Waals surface area contributed by atoms with E-state index < -0.39 is 14.4 Å². The molecule has 1 N–H and O–H groups in total. The van der Waals surface area contributed by atoms with Crippen LogP contribution in [0.2, 0.25) is 18.1 Å². The van der Waals surface area contributed by atoms with Gasteiger partial charge in [0.15, 0.2) is 14.6 Å². The van der Waals surface area contributed by atoms with Crippen LogP contribution in [-0.4, -0.2) is 45.6 Å². The fraction of sp³-hybridized carbons (Fsp3) is 0.871. The number of hydrogen-bond acceptors (Lipinski definition) is 4. The van der Waals surface area contributed by atoms with Gasteiger partial charge >= 0.3 is 0 Å². The second kappa shape index (κ2) is 11.7. The van der Waals surface area contributed by atoms with Crippen LogP contribution in [0.1, 0.15) is 106 Å². The molecule has 0 aromatic rings. The van der Waals surface area contributed by atoms with Gasteiger partial charge < -0.3 is 19.0 Å². The Labute approximate surface area is 223 Å². The highest BCUT2D eigenvalue weighted by Crippen LogP contribution is 2.61. The van der Waals surface area contributed by atoms with Gasteiger partial charge in [0, 0.05) is 18.6 Å². The number of aliphatic hydroxyl groups excluding tert-OH is 1. The molecule has 0 bridgehead atoms. The number of ether oxygens (including phenoxy) is 2. The Morgan fingerprint density at radius 2 is 1.86 bits per heavy atom. The molecule has 1 saturated carbocycles. The lowest BCUT2D eigenvalue weighted by atomic mass is 9.57. The zero-order valence-corrected chi connectivity index (χ0v) is 26.0. The molecular weight excluding hydrogens is 464 g/mol. The molecule has 0 spiro atoms. The van der Waals surface area contributed by atoms with Crippen LogP contribution >= 0.6 is 0 Å². The third-order valence-corrected chi connectivity index (χ3v) is 14.5. The third kappa shape index (κ3) is 6.57. The second-order valence-corrected chi connectivity index (χ2v) is 18.9. The van der Waals surface area contributed by atoms with E-state index in [2.05, 4.69) is 67.6 Å². The average molecular weight is 521 g/mol. The van der Waals surface area contributed by atoms with Gasteiger partial charge in [-0.1, -0.05) is 60.1 Å². The van der Waals surface area contributed by atoms with Crippen molar-refractivity contribution in [1.82, 2.24) is 0 Å². The Bertz CT molecular complexity index is 802. The number of aliphatic hydroxyl groups is 1. The van der Waals surface area contributed by atoms with Crippen LogP contribution in [0.25, 0.3) is 0 Å². The van der Waals surface area contributed by atoms with Crippen LogP contribution in [0.5, 0.6) is 0 Å². The minimum atomic E-state index is -1.85. The van der Waals surface area contributed by atoms with E-state index in [-0.39, 0.29) is 22.2 Å². The molecule has 2 aliphatic carbocycles. The minimum Gasteiger partial charge on any atom is -0.413 e. The average Bonchev–Trinajstić information content (AvgIpc) is 3.16. The molecule has 4 atom stereocenters. The Balaban J connectivity index is 1.80. The summed E-state index contributed by atoms with van der Waals surface area (Å²) in [5.41, 5.74) is 4.50. The molecule has 1 heterocycles. The summed E-state index contributed by atoms with van der Waals surface area (Å²) in [5, 5.41) is 11.9. The van der Waals surface area contributed by atoms with Crippen LogP contribution < -0.4 is 0 Å². The summed E-state index contributed by atoms with van der Waals surface area (Å²) < 4.78 is 18.3. The quantitative estimate of drug-likeness (QED) is 0.233. The van der Waals surface area contributed by atoms with E-state index in [1.54, 1.807) is 11.1 Å². The third-order valence-electron chi connectivity index (χ3n) is 9.99. The molecule has 5 heteroatoms. The number of allylic oxidation sites excluding steroid dienone is 2. The lowest BCUT2D eigenvalue weighted by Gasteiger charge is -2.49. The summed E-state index contributed by atoms with van der Waals surface area (Å²) in [4.78, 5) is 0. The Morgan fingerprint density at radius 3 is 2.47 bits per heavy atom. The van der Waals surface area contributed by atoms with Gasteiger partial charge in [0.05, 0.1) is 12.7 Å². The first-order valence-corrected chi connectivity index (χ1v) is 17.6. The summed E-state index contributed by atoms with van der Waals surface area (Å²) in [6.07, 6.45) is 11.5. The van der Waals surface area contributed by atoms with Gasteiger partial charge in [-0.3, -0.25) is 0 Å². The van der Waals surface area contributed by atoms with Crippen molar-refractivity contribution in [3.8, 4) is 0 Å². The van der Waals surface area contributed by atoms with Crippen molar-refractivity contribution in [3.05, 3.63) is 22.8 Å². The van der Waals surface area contributed by atoms with E-state index in [0.717, 1.165) is 45.1 Å². The van der Waals surface area contributed by atoms with Crippen molar-refractivity contribution >= 4 is 8.32 Å². The van der Waals surface area contributed by atoms with Gasteiger partial charge in [-0.05, 0) is 98.4 Å². The SMILES string of the molecule is CC(C)C1=C2/C(=C/CO[Si](C)(C)C(C)(C)C)[C@@](C)([C@H](O)CCCOC3CCCCO3)CC[C@@]2(C)CC1. The maximum Gasteiger partial charge on any atom is 0.192 e. The summed E-state index contributed by atoms with van der Waals surface area (Å²) in [6.45, 7) is 23.1. The molecule has 0 amide bonds. The Kier molecular flexibility index (Phi) is 9.81. The van der Waals surface area contributed by atoms with Gasteiger partial charge in [0.1, 0.15) is 0 Å². The van der Waals surface area contributed by atoms with E-state index >= 15 is 0 Å². The highest BCUT2D eigenvalue weighted by atomic mass is 28.4. The van der Waals surface area contributed by atoms with Crippen molar-refractivity contribution in [1.29, 1.82) is 0 Å². The van der Waals surface area contributed by atoms with Crippen LogP contribution in [0.15, 0.2) is 22.8 Å². The largest absolute Gasteiger partial charge is 0.413 e. The van der Waals surface area contributed by atoms with Crippen molar-refractivity contribution < 1.29 is 19.0 Å². The fourth-order valence-corrected chi connectivity index (χ4v) is 7.15. The lowest BCUT2D eigenvalue weighted by molar-refractivity contribution is -0.163. The number of rotatable bonds is 10. The molecule has 1 aliphatic heterocycles. The highest BCUT2D eigenvalue weighted by molar-refractivity contribution is 6.74. The smallest absolute Gasteiger partial charge is 0.192 e. The van der Waals surface area contributed by atoms with Crippen molar-refractivity contribution in [2.24, 2.45) is 16.7 Å². The zero-order chi connectivity index (χ0) is 26.8. The first-order chi connectivity index (χ1) is 16.7. The summed E-state index contributed by atoms with van der Waals surface area (Å²) >= 11 is 0. The van der Waals surface area contributed by atoms with Crippen LogP contribution in [0, 0.1) is 16.7 Å². The summed E-state index contributed by atoms with van der Waals surface area (Å²) in [5.74, 6) is 0.537. The summed E-state index contributed by atoms with van der Waals surface area (Å²) in [7, 11) is -1.85. The van der Waals surface area contributed by atoms with Gasteiger partial charge in [0.2, 0.25) is 0 Å². The highest BCUT2D eigenvalue weighted by Gasteiger charge is 2.51. The molecule has 2 fully saturated rings. The van der Waals surface area contributed by atoms with Gasteiger partial charge in [-0.25, -0.2) is 0 Å². The van der Waals surface area contributed by atoms with Gasteiger partial charge in [-0.2, -0.15) is 0 Å². The molecular formula is C31H56O4Si. The zero-order valence-electron chi connectivity index (χ0n) is 25.0. The van der Waals surface area contributed by atoms with E-state index in [9.17, 15) is 5.11 Å². The van der Waals surface area contributed by atoms with Gasteiger partial charge in [0.25, 0.3) is 0 Å². The molecule has 1 unspecified atom stereocenters. The lowest BCUT2D eigenvalue weighted by Crippen LogP contribution is -2.43. The molecule has 36 heavy (non-hydrogen) atoms. The predicted molar refractivity (Wildman–Crippen MR) is 153 cm³/mol. The molecule has 0 aromatic carbocycles. The first kappa shape index (κ1) is 30.1. The molecule has 0 aromatic heterocycles. The molecule has 1 saturated heterocycles. The van der Waals surface area contributed by atoms with E-state index in [1.165, 1.54) is 24.8 Å². The normalized spacial score (nSPS) is 31.9. The van der Waals surface area contributed by atoms with Crippen LogP contribution in [-0.2, 0) is 13.9 Å². The molecule has 3 aliphatic rings. The van der Waals surface area contributed by atoms with E-state index in [0.29, 0.717) is 19.1 Å². The Morgan fingerprint density at radius 1 is 1.14 bits per heavy atom. The Hall–Kier alpha value is -0.463. The second-order valence-electron chi connectivity index (χ2n) is 14.0. The van der Waals surface area contributed by atoms with Crippen molar-refractivity contribution in [2.45, 2.75) is 137 Å². The maximum atomic E-state index is 11.7.